The standard InChI is InChI=1S/C19H21N3O.C8H7F3.H2/c1-13-9-15(12-22-18(13)5-7-20-22)11-21-8-6-16-3-4-17(14(2)23)10-19(16)21;1-6-3-2-4-7(5-6)8(9,10)11;/h3-5,7,10,12-13H,6,8-9,11H2,1-2H3;2-5H,1H3;1H. The fourth-order valence-electron chi connectivity index (χ4n) is 4.55. The molecule has 3 heterocycles. The molecule has 2 aliphatic rings. The minimum absolute atomic E-state index is 0. The molecule has 0 aliphatic carbocycles. The van der Waals surface area contributed by atoms with Crippen LogP contribution >= 0.6 is 0 Å². The van der Waals surface area contributed by atoms with Gasteiger partial charge in [-0.2, -0.15) is 18.3 Å². The van der Waals surface area contributed by atoms with Crippen molar-refractivity contribution in [2.24, 2.45) is 0 Å². The first-order valence-corrected chi connectivity index (χ1v) is 11.4. The third-order valence-electron chi connectivity index (χ3n) is 6.30. The van der Waals surface area contributed by atoms with Gasteiger partial charge in [0.1, 0.15) is 0 Å². The third-order valence-corrected chi connectivity index (χ3v) is 6.30. The number of fused-ring (bicyclic) bond motifs is 2. The summed E-state index contributed by atoms with van der Waals surface area (Å²) in [6, 6.07) is 13.4. The number of aromatic nitrogens is 2. The molecule has 2 aromatic carbocycles. The molecule has 7 heteroatoms. The molecule has 5 rings (SSSR count). The van der Waals surface area contributed by atoms with Gasteiger partial charge in [-0.25, -0.2) is 4.68 Å². The fraction of sp³-hybridized carbons (Fsp3) is 0.333. The van der Waals surface area contributed by atoms with Crippen LogP contribution in [0.2, 0.25) is 0 Å². The van der Waals surface area contributed by atoms with Crippen LogP contribution in [-0.2, 0) is 12.6 Å². The van der Waals surface area contributed by atoms with Crippen molar-refractivity contribution in [3.8, 4) is 0 Å². The molecule has 1 atom stereocenters. The molecule has 4 nitrogen and oxygen atoms in total. The second-order valence-electron chi connectivity index (χ2n) is 9.03. The van der Waals surface area contributed by atoms with Gasteiger partial charge in [0.05, 0.1) is 5.56 Å². The van der Waals surface area contributed by atoms with Crippen molar-refractivity contribution in [2.45, 2.75) is 45.7 Å². The molecule has 0 radical (unpaired) electrons. The van der Waals surface area contributed by atoms with E-state index in [0.717, 1.165) is 43.6 Å². The topological polar surface area (TPSA) is 38.1 Å². The van der Waals surface area contributed by atoms with Crippen molar-refractivity contribution >= 4 is 17.7 Å². The number of rotatable bonds is 3. The van der Waals surface area contributed by atoms with Gasteiger partial charge in [0, 0.05) is 49.8 Å². The summed E-state index contributed by atoms with van der Waals surface area (Å²) in [4.78, 5) is 14.0. The maximum Gasteiger partial charge on any atom is 0.416 e. The molecule has 180 valence electrons. The van der Waals surface area contributed by atoms with Crippen LogP contribution in [0.4, 0.5) is 18.9 Å². The lowest BCUT2D eigenvalue weighted by Gasteiger charge is -2.26. The summed E-state index contributed by atoms with van der Waals surface area (Å²) in [7, 11) is 0. The SMILES string of the molecule is CC(=O)c1ccc2c(c1)N(CC1=Cn3nccc3C(C)C1)CC2.Cc1cccc(C(F)(F)F)c1.[HH]. The Balaban J connectivity index is 0.000000243. The second kappa shape index (κ2) is 9.49. The van der Waals surface area contributed by atoms with Crippen LogP contribution in [0, 0.1) is 6.92 Å². The molecule has 0 N–H and O–H groups in total. The number of benzene rings is 2. The fourth-order valence-corrected chi connectivity index (χ4v) is 4.55. The van der Waals surface area contributed by atoms with E-state index in [-0.39, 0.29) is 7.21 Å². The van der Waals surface area contributed by atoms with E-state index >= 15 is 0 Å². The molecule has 0 fully saturated rings. The summed E-state index contributed by atoms with van der Waals surface area (Å²) in [5.74, 6) is 0.634. The molecule has 0 bridgehead atoms. The first-order chi connectivity index (χ1) is 16.1. The highest BCUT2D eigenvalue weighted by atomic mass is 19.4. The summed E-state index contributed by atoms with van der Waals surface area (Å²) in [6.45, 7) is 7.46. The zero-order valence-electron chi connectivity index (χ0n) is 19.6. The number of Topliss-reactive ketones (excluding diaryl/α,β-unsaturated/α-hetero) is 1. The van der Waals surface area contributed by atoms with Gasteiger partial charge >= 0.3 is 6.18 Å². The maximum absolute atomic E-state index is 12.0. The molecule has 0 amide bonds. The van der Waals surface area contributed by atoms with E-state index in [1.165, 1.54) is 28.6 Å². The minimum atomic E-state index is -4.22. The molecule has 0 saturated carbocycles. The number of anilines is 1. The second-order valence-corrected chi connectivity index (χ2v) is 9.03. The number of carbonyl (C=O) groups excluding carboxylic acids is 1. The highest BCUT2D eigenvalue weighted by molar-refractivity contribution is 5.95. The molecule has 1 unspecified atom stereocenters. The zero-order chi connectivity index (χ0) is 24.5. The monoisotopic (exact) mass is 469 g/mol. The Labute approximate surface area is 199 Å². The van der Waals surface area contributed by atoms with Crippen LogP contribution in [0.1, 0.15) is 60.4 Å². The van der Waals surface area contributed by atoms with E-state index in [1.54, 1.807) is 19.9 Å². The van der Waals surface area contributed by atoms with E-state index in [2.05, 4.69) is 41.3 Å². The minimum Gasteiger partial charge on any atom is -0.367 e. The summed E-state index contributed by atoms with van der Waals surface area (Å²) in [6.07, 6.45) is 1.96. The van der Waals surface area contributed by atoms with Crippen LogP contribution in [0.15, 0.2) is 60.3 Å². The van der Waals surface area contributed by atoms with E-state index in [9.17, 15) is 18.0 Å². The molecular weight excluding hydrogens is 439 g/mol. The Morgan fingerprint density at radius 1 is 1.18 bits per heavy atom. The van der Waals surface area contributed by atoms with Crippen LogP contribution in [-0.4, -0.2) is 28.7 Å². The van der Waals surface area contributed by atoms with Crippen molar-refractivity contribution in [3.05, 3.63) is 88.2 Å². The molecule has 3 aromatic rings. The van der Waals surface area contributed by atoms with E-state index in [4.69, 9.17) is 0 Å². The normalized spacial score (nSPS) is 16.8. The molecule has 0 spiro atoms. The number of ketones is 1. The van der Waals surface area contributed by atoms with Crippen molar-refractivity contribution in [1.82, 2.24) is 9.78 Å². The van der Waals surface area contributed by atoms with Gasteiger partial charge in [-0.05, 0) is 56.0 Å². The largest absolute Gasteiger partial charge is 0.416 e. The van der Waals surface area contributed by atoms with Crippen LogP contribution in [0.3, 0.4) is 0 Å². The predicted molar refractivity (Wildman–Crippen MR) is 130 cm³/mol. The van der Waals surface area contributed by atoms with Crippen LogP contribution < -0.4 is 4.90 Å². The van der Waals surface area contributed by atoms with Gasteiger partial charge in [0.25, 0.3) is 0 Å². The number of hydrogen-bond acceptors (Lipinski definition) is 3. The lowest BCUT2D eigenvalue weighted by Crippen LogP contribution is -2.25. The number of halogens is 3. The maximum atomic E-state index is 12.0. The zero-order valence-corrected chi connectivity index (χ0v) is 19.6. The summed E-state index contributed by atoms with van der Waals surface area (Å²) >= 11 is 0. The van der Waals surface area contributed by atoms with Crippen molar-refractivity contribution < 1.29 is 19.4 Å². The lowest BCUT2D eigenvalue weighted by atomic mass is 9.95. The molecule has 34 heavy (non-hydrogen) atoms. The molecule has 0 saturated heterocycles. The number of carbonyl (C=O) groups is 1. The Kier molecular flexibility index (Phi) is 6.64. The summed E-state index contributed by atoms with van der Waals surface area (Å²) < 4.78 is 37.9. The van der Waals surface area contributed by atoms with Crippen molar-refractivity contribution in [3.63, 3.8) is 0 Å². The highest BCUT2D eigenvalue weighted by Gasteiger charge is 2.30. The predicted octanol–water partition coefficient (Wildman–Crippen LogP) is 6.76. The lowest BCUT2D eigenvalue weighted by molar-refractivity contribution is -0.137. The summed E-state index contributed by atoms with van der Waals surface area (Å²) in [5.41, 5.74) is 6.09. The van der Waals surface area contributed by atoms with Gasteiger partial charge in [-0.15, -0.1) is 0 Å². The van der Waals surface area contributed by atoms with E-state index < -0.39 is 11.7 Å². The van der Waals surface area contributed by atoms with Gasteiger partial charge in [0.2, 0.25) is 0 Å². The molecule has 1 aromatic heterocycles. The van der Waals surface area contributed by atoms with Gasteiger partial charge in [-0.3, -0.25) is 4.79 Å². The smallest absolute Gasteiger partial charge is 0.367 e. The summed E-state index contributed by atoms with van der Waals surface area (Å²) in [5, 5.41) is 4.39. The quantitative estimate of drug-likeness (QED) is 0.398. The third kappa shape index (κ3) is 5.24. The molecular formula is C27H30F3N3O. The van der Waals surface area contributed by atoms with E-state index in [0.29, 0.717) is 11.5 Å². The number of nitrogens with zero attached hydrogens (tertiary/aromatic N) is 3. The van der Waals surface area contributed by atoms with Crippen LogP contribution in [0.5, 0.6) is 0 Å². The van der Waals surface area contributed by atoms with Gasteiger partial charge < -0.3 is 4.90 Å². The highest BCUT2D eigenvalue weighted by Crippen LogP contribution is 2.34. The number of hydrogen-bond donors (Lipinski definition) is 0. The first-order valence-electron chi connectivity index (χ1n) is 11.4. The molecule has 2 aliphatic heterocycles. The Morgan fingerprint density at radius 3 is 2.65 bits per heavy atom. The van der Waals surface area contributed by atoms with E-state index in [1.807, 2.05) is 16.9 Å². The Hall–Kier alpha value is -3.35. The number of alkyl halides is 3. The average Bonchev–Trinajstić information content (AvgIpc) is 3.41. The van der Waals surface area contributed by atoms with Gasteiger partial charge in [-0.1, -0.05) is 42.8 Å². The van der Waals surface area contributed by atoms with Crippen LogP contribution in [0.25, 0.3) is 6.20 Å². The Morgan fingerprint density at radius 2 is 1.97 bits per heavy atom. The van der Waals surface area contributed by atoms with Crippen molar-refractivity contribution in [2.75, 3.05) is 18.0 Å². The van der Waals surface area contributed by atoms with Gasteiger partial charge in [0.15, 0.2) is 5.78 Å². The Bertz CT molecular complexity index is 1230. The number of aryl methyl sites for hydroxylation is 1. The first kappa shape index (κ1) is 23.8. The van der Waals surface area contributed by atoms with Crippen molar-refractivity contribution in [1.29, 1.82) is 0 Å². The average molecular weight is 470 g/mol.